The highest BCUT2D eigenvalue weighted by molar-refractivity contribution is 4.77. The Morgan fingerprint density at radius 2 is 1.87 bits per heavy atom. The Bertz CT molecular complexity index is 142. The van der Waals surface area contributed by atoms with Gasteiger partial charge < -0.3 is 24.8 Å². The van der Waals surface area contributed by atoms with Crippen molar-refractivity contribution < 1.29 is 24.8 Å². The minimum Gasteiger partial charge on any atom is -0.396 e. The fourth-order valence-corrected chi connectivity index (χ4v) is 1.47. The van der Waals surface area contributed by atoms with Gasteiger partial charge >= 0.3 is 0 Å². The van der Waals surface area contributed by atoms with E-state index in [0.29, 0.717) is 19.3 Å². The zero-order chi connectivity index (χ0) is 11.7. The van der Waals surface area contributed by atoms with Crippen molar-refractivity contribution in [2.75, 3.05) is 27.4 Å². The Morgan fingerprint density at radius 1 is 1.27 bits per heavy atom. The second-order valence-electron chi connectivity index (χ2n) is 3.54. The predicted octanol–water partition coefficient (Wildman–Crippen LogP) is -0.468. The van der Waals surface area contributed by atoms with Crippen LogP contribution in [0.15, 0.2) is 0 Å². The average molecular weight is 222 g/mol. The molecule has 5 nitrogen and oxygen atoms in total. The van der Waals surface area contributed by atoms with E-state index in [0.717, 1.165) is 0 Å². The molecule has 0 bridgehead atoms. The van der Waals surface area contributed by atoms with Crippen molar-refractivity contribution in [3.05, 3.63) is 0 Å². The SMILES string of the molecule is COC.OCC[C@@H]1OC(CO)CCC1O. The standard InChI is InChI=1S/C8H16O4.C2H6O/c9-4-3-8-7(11)2-1-6(5-10)12-8;1-3-2/h6-11H,1-5H2;1-2H3/t6?,7?,8-;/m0./s1. The fraction of sp³-hybridized carbons (Fsp3) is 1.00. The first-order valence-corrected chi connectivity index (χ1v) is 5.14. The van der Waals surface area contributed by atoms with E-state index in [9.17, 15) is 5.11 Å². The van der Waals surface area contributed by atoms with Crippen molar-refractivity contribution in [2.24, 2.45) is 0 Å². The lowest BCUT2D eigenvalue weighted by molar-refractivity contribution is -0.135. The molecule has 1 rings (SSSR count). The molecule has 0 saturated carbocycles. The summed E-state index contributed by atoms with van der Waals surface area (Å²) in [6, 6.07) is 0. The maximum Gasteiger partial charge on any atom is 0.0860 e. The first-order chi connectivity index (χ1) is 7.19. The third kappa shape index (κ3) is 6.06. The van der Waals surface area contributed by atoms with Gasteiger partial charge in [-0.2, -0.15) is 0 Å². The fourth-order valence-electron chi connectivity index (χ4n) is 1.47. The molecule has 5 heteroatoms. The Labute approximate surface area is 90.6 Å². The lowest BCUT2D eigenvalue weighted by atomic mass is 9.99. The van der Waals surface area contributed by atoms with Gasteiger partial charge in [0.05, 0.1) is 24.9 Å². The van der Waals surface area contributed by atoms with Gasteiger partial charge in [-0.1, -0.05) is 0 Å². The summed E-state index contributed by atoms with van der Waals surface area (Å²) in [6.07, 6.45) is 0.832. The highest BCUT2D eigenvalue weighted by Gasteiger charge is 2.28. The monoisotopic (exact) mass is 222 g/mol. The molecule has 0 aliphatic carbocycles. The summed E-state index contributed by atoms with van der Waals surface area (Å²) < 4.78 is 9.58. The van der Waals surface area contributed by atoms with Gasteiger partial charge in [0.15, 0.2) is 0 Å². The molecule has 1 aliphatic rings. The molecule has 2 unspecified atom stereocenters. The molecule has 3 atom stereocenters. The van der Waals surface area contributed by atoms with Gasteiger partial charge in [0.1, 0.15) is 0 Å². The van der Waals surface area contributed by atoms with Crippen molar-refractivity contribution in [3.8, 4) is 0 Å². The van der Waals surface area contributed by atoms with Crippen molar-refractivity contribution >= 4 is 0 Å². The maximum absolute atomic E-state index is 9.40. The van der Waals surface area contributed by atoms with Crippen LogP contribution >= 0.6 is 0 Å². The number of rotatable bonds is 3. The summed E-state index contributed by atoms with van der Waals surface area (Å²) in [5.41, 5.74) is 0. The summed E-state index contributed by atoms with van der Waals surface area (Å²) in [6.45, 7) is 0.00846. The van der Waals surface area contributed by atoms with E-state index < -0.39 is 6.10 Å². The van der Waals surface area contributed by atoms with E-state index in [1.54, 1.807) is 14.2 Å². The van der Waals surface area contributed by atoms with Crippen LogP contribution in [0, 0.1) is 0 Å². The number of hydrogen-bond acceptors (Lipinski definition) is 5. The van der Waals surface area contributed by atoms with Crippen LogP contribution in [-0.2, 0) is 9.47 Å². The van der Waals surface area contributed by atoms with Gasteiger partial charge in [-0.15, -0.1) is 0 Å². The maximum atomic E-state index is 9.40. The molecule has 1 saturated heterocycles. The van der Waals surface area contributed by atoms with Crippen LogP contribution < -0.4 is 0 Å². The Balaban J connectivity index is 0.000000583. The van der Waals surface area contributed by atoms with Gasteiger partial charge in [0.25, 0.3) is 0 Å². The number of ether oxygens (including phenoxy) is 2. The van der Waals surface area contributed by atoms with Gasteiger partial charge in [-0.25, -0.2) is 0 Å². The van der Waals surface area contributed by atoms with Crippen molar-refractivity contribution in [1.29, 1.82) is 0 Å². The average Bonchev–Trinajstić information content (AvgIpc) is 2.23. The van der Waals surface area contributed by atoms with Crippen molar-refractivity contribution in [1.82, 2.24) is 0 Å². The summed E-state index contributed by atoms with van der Waals surface area (Å²) in [4.78, 5) is 0. The molecule has 92 valence electrons. The summed E-state index contributed by atoms with van der Waals surface area (Å²) in [5.74, 6) is 0. The van der Waals surface area contributed by atoms with E-state index in [4.69, 9.17) is 14.9 Å². The summed E-state index contributed by atoms with van der Waals surface area (Å²) >= 11 is 0. The van der Waals surface area contributed by atoms with Crippen LogP contribution in [0.1, 0.15) is 19.3 Å². The zero-order valence-electron chi connectivity index (χ0n) is 9.43. The Kier molecular flexibility index (Phi) is 8.94. The minimum atomic E-state index is -0.486. The molecule has 0 aromatic carbocycles. The molecule has 0 aromatic heterocycles. The van der Waals surface area contributed by atoms with E-state index in [-0.39, 0.29) is 25.4 Å². The van der Waals surface area contributed by atoms with Gasteiger partial charge in [0.2, 0.25) is 0 Å². The first-order valence-electron chi connectivity index (χ1n) is 5.14. The third-order valence-electron chi connectivity index (χ3n) is 2.20. The van der Waals surface area contributed by atoms with Gasteiger partial charge in [-0.05, 0) is 19.3 Å². The van der Waals surface area contributed by atoms with E-state index in [2.05, 4.69) is 4.74 Å². The normalized spacial score (nSPS) is 30.6. The molecule has 0 amide bonds. The van der Waals surface area contributed by atoms with Crippen molar-refractivity contribution in [2.45, 2.75) is 37.6 Å². The van der Waals surface area contributed by atoms with E-state index in [1.807, 2.05) is 0 Å². The first kappa shape index (κ1) is 14.8. The highest BCUT2D eigenvalue weighted by Crippen LogP contribution is 2.21. The number of hydrogen-bond donors (Lipinski definition) is 3. The van der Waals surface area contributed by atoms with Crippen LogP contribution in [0.3, 0.4) is 0 Å². The largest absolute Gasteiger partial charge is 0.396 e. The quantitative estimate of drug-likeness (QED) is 0.602. The van der Waals surface area contributed by atoms with Crippen LogP contribution in [0.4, 0.5) is 0 Å². The number of aliphatic hydroxyl groups is 3. The summed E-state index contributed by atoms with van der Waals surface area (Å²) in [5, 5.41) is 26.8. The van der Waals surface area contributed by atoms with E-state index in [1.165, 1.54) is 0 Å². The molecule has 0 spiro atoms. The molecule has 1 heterocycles. The van der Waals surface area contributed by atoms with Crippen molar-refractivity contribution in [3.63, 3.8) is 0 Å². The van der Waals surface area contributed by atoms with Crippen LogP contribution in [0.2, 0.25) is 0 Å². The molecular formula is C10H22O5. The molecular weight excluding hydrogens is 200 g/mol. The van der Waals surface area contributed by atoms with Crippen LogP contribution in [0.5, 0.6) is 0 Å². The topological polar surface area (TPSA) is 79.2 Å². The molecule has 1 aliphatic heterocycles. The Morgan fingerprint density at radius 3 is 2.33 bits per heavy atom. The third-order valence-corrected chi connectivity index (χ3v) is 2.20. The number of methoxy groups -OCH3 is 1. The van der Waals surface area contributed by atoms with Crippen LogP contribution in [0.25, 0.3) is 0 Å². The predicted molar refractivity (Wildman–Crippen MR) is 55.6 cm³/mol. The van der Waals surface area contributed by atoms with Gasteiger partial charge in [-0.3, -0.25) is 0 Å². The zero-order valence-corrected chi connectivity index (χ0v) is 9.43. The van der Waals surface area contributed by atoms with E-state index >= 15 is 0 Å². The molecule has 3 N–H and O–H groups in total. The van der Waals surface area contributed by atoms with Crippen LogP contribution in [-0.4, -0.2) is 61.1 Å². The highest BCUT2D eigenvalue weighted by atomic mass is 16.5. The molecule has 1 fully saturated rings. The second kappa shape index (κ2) is 9.06. The summed E-state index contributed by atoms with van der Waals surface area (Å²) in [7, 11) is 3.25. The van der Waals surface area contributed by atoms with Gasteiger partial charge in [0, 0.05) is 20.8 Å². The minimum absolute atomic E-state index is 0.00531. The molecule has 15 heavy (non-hydrogen) atoms. The molecule has 0 radical (unpaired) electrons. The second-order valence-corrected chi connectivity index (χ2v) is 3.54. The number of aliphatic hydroxyl groups excluding tert-OH is 3. The lowest BCUT2D eigenvalue weighted by Gasteiger charge is -2.32. The Hall–Kier alpha value is -0.200. The molecule has 0 aromatic rings. The lowest BCUT2D eigenvalue weighted by Crippen LogP contribution is -2.40. The smallest absolute Gasteiger partial charge is 0.0860 e.